The number of rotatable bonds is 5. The number of ether oxygens (including phenoxy) is 1. The lowest BCUT2D eigenvalue weighted by Gasteiger charge is -2.38. The lowest BCUT2D eigenvalue weighted by molar-refractivity contribution is -0.123. The van der Waals surface area contributed by atoms with Crippen molar-refractivity contribution >= 4 is 29.2 Å². The van der Waals surface area contributed by atoms with Gasteiger partial charge < -0.3 is 9.64 Å². The predicted molar refractivity (Wildman–Crippen MR) is 113 cm³/mol. The number of carbonyl (C=O) groups is 3. The summed E-state index contributed by atoms with van der Waals surface area (Å²) in [5, 5.41) is 0. The minimum Gasteiger partial charge on any atom is -0.462 e. The van der Waals surface area contributed by atoms with E-state index < -0.39 is 12.0 Å². The Hall–Kier alpha value is -3.26. The second kappa shape index (κ2) is 8.85. The van der Waals surface area contributed by atoms with E-state index in [-0.39, 0.29) is 30.7 Å². The molecule has 0 saturated carbocycles. The first-order valence-corrected chi connectivity index (χ1v) is 10.4. The van der Waals surface area contributed by atoms with Crippen LogP contribution in [0.4, 0.5) is 15.8 Å². The van der Waals surface area contributed by atoms with Gasteiger partial charge in [-0.25, -0.2) is 14.1 Å². The van der Waals surface area contributed by atoms with E-state index in [0.29, 0.717) is 37.4 Å². The summed E-state index contributed by atoms with van der Waals surface area (Å²) in [6, 6.07) is 12.2. The van der Waals surface area contributed by atoms with Crippen molar-refractivity contribution in [3.05, 3.63) is 59.9 Å². The van der Waals surface area contributed by atoms with E-state index in [9.17, 15) is 18.8 Å². The summed E-state index contributed by atoms with van der Waals surface area (Å²) in [4.78, 5) is 42.8. The highest BCUT2D eigenvalue weighted by Gasteiger charge is 2.43. The number of benzene rings is 2. The Bertz CT molecular complexity index is 969. The average Bonchev–Trinajstić information content (AvgIpc) is 3.08. The van der Waals surface area contributed by atoms with Crippen LogP contribution in [0.15, 0.2) is 48.5 Å². The standard InChI is InChI=1S/C23H24FN3O4/c1-2-31-23(30)16-3-7-19(8-4-16)27-21(28)15-20(22(27)29)26-13-11-25(12-14-26)18-9-5-17(24)6-10-18/h3-10,20H,2,11-15H2,1H3/t20-/m0/s1. The molecule has 2 heterocycles. The van der Waals surface area contributed by atoms with Gasteiger partial charge in [-0.05, 0) is 55.5 Å². The molecule has 2 amide bonds. The number of hydrogen-bond acceptors (Lipinski definition) is 6. The van der Waals surface area contributed by atoms with Crippen LogP contribution in [0.3, 0.4) is 0 Å². The molecule has 0 aliphatic carbocycles. The quantitative estimate of drug-likeness (QED) is 0.542. The van der Waals surface area contributed by atoms with Gasteiger partial charge in [0.2, 0.25) is 5.91 Å². The van der Waals surface area contributed by atoms with Crippen molar-refractivity contribution in [1.82, 2.24) is 4.90 Å². The summed E-state index contributed by atoms with van der Waals surface area (Å²) in [6.45, 7) is 4.66. The van der Waals surface area contributed by atoms with Crippen LogP contribution in [0.1, 0.15) is 23.7 Å². The van der Waals surface area contributed by atoms with Gasteiger partial charge in [-0.3, -0.25) is 14.5 Å². The van der Waals surface area contributed by atoms with Crippen LogP contribution in [0.5, 0.6) is 0 Å². The summed E-state index contributed by atoms with van der Waals surface area (Å²) >= 11 is 0. The summed E-state index contributed by atoms with van der Waals surface area (Å²) in [6.07, 6.45) is 0.134. The molecule has 2 aromatic carbocycles. The number of piperazine rings is 1. The highest BCUT2D eigenvalue weighted by Crippen LogP contribution is 2.27. The number of nitrogens with zero attached hydrogens (tertiary/aromatic N) is 3. The highest BCUT2D eigenvalue weighted by atomic mass is 19.1. The third kappa shape index (κ3) is 4.29. The SMILES string of the molecule is CCOC(=O)c1ccc(N2C(=O)C[C@H](N3CCN(c4ccc(F)cc4)CC3)C2=O)cc1. The van der Waals surface area contributed by atoms with E-state index in [4.69, 9.17) is 4.74 Å². The van der Waals surface area contributed by atoms with Crippen molar-refractivity contribution in [2.75, 3.05) is 42.6 Å². The van der Waals surface area contributed by atoms with Gasteiger partial charge in [0.25, 0.3) is 5.91 Å². The number of halogens is 1. The van der Waals surface area contributed by atoms with E-state index >= 15 is 0 Å². The fourth-order valence-electron chi connectivity index (χ4n) is 4.08. The Morgan fingerprint density at radius 1 is 0.968 bits per heavy atom. The molecule has 4 rings (SSSR count). The van der Waals surface area contributed by atoms with Gasteiger partial charge in [-0.2, -0.15) is 0 Å². The normalized spacial score (nSPS) is 19.7. The van der Waals surface area contributed by atoms with Crippen molar-refractivity contribution in [2.45, 2.75) is 19.4 Å². The molecule has 0 N–H and O–H groups in total. The van der Waals surface area contributed by atoms with Crippen molar-refractivity contribution in [1.29, 1.82) is 0 Å². The minimum atomic E-state index is -0.493. The van der Waals surface area contributed by atoms with Crippen molar-refractivity contribution in [2.24, 2.45) is 0 Å². The number of imide groups is 1. The molecule has 162 valence electrons. The van der Waals surface area contributed by atoms with Crippen LogP contribution >= 0.6 is 0 Å². The number of amides is 2. The lowest BCUT2D eigenvalue weighted by Crippen LogP contribution is -2.52. The molecule has 0 spiro atoms. The van der Waals surface area contributed by atoms with Gasteiger partial charge in [-0.15, -0.1) is 0 Å². The number of carbonyl (C=O) groups excluding carboxylic acids is 3. The van der Waals surface area contributed by atoms with Crippen LogP contribution < -0.4 is 9.80 Å². The Balaban J connectivity index is 1.40. The van der Waals surface area contributed by atoms with E-state index in [1.54, 1.807) is 43.3 Å². The minimum absolute atomic E-state index is 0.134. The fraction of sp³-hybridized carbons (Fsp3) is 0.348. The maximum absolute atomic E-state index is 13.1. The number of anilines is 2. The monoisotopic (exact) mass is 425 g/mol. The molecule has 8 heteroatoms. The number of hydrogen-bond donors (Lipinski definition) is 0. The maximum Gasteiger partial charge on any atom is 0.338 e. The Labute approximate surface area is 180 Å². The van der Waals surface area contributed by atoms with Gasteiger partial charge in [-0.1, -0.05) is 0 Å². The van der Waals surface area contributed by atoms with Crippen LogP contribution in [-0.2, 0) is 14.3 Å². The molecule has 0 unspecified atom stereocenters. The first kappa shape index (κ1) is 21.0. The molecule has 2 aromatic rings. The van der Waals surface area contributed by atoms with Crippen molar-refractivity contribution in [3.8, 4) is 0 Å². The molecule has 0 bridgehead atoms. The number of esters is 1. The van der Waals surface area contributed by atoms with Gasteiger partial charge in [0, 0.05) is 31.9 Å². The molecule has 1 atom stereocenters. The zero-order chi connectivity index (χ0) is 22.0. The summed E-state index contributed by atoms with van der Waals surface area (Å²) in [7, 11) is 0. The van der Waals surface area contributed by atoms with Crippen molar-refractivity contribution < 1.29 is 23.5 Å². The van der Waals surface area contributed by atoms with Crippen LogP contribution in [0, 0.1) is 5.82 Å². The molecule has 0 aromatic heterocycles. The molecular weight excluding hydrogens is 401 g/mol. The van der Waals surface area contributed by atoms with Gasteiger partial charge >= 0.3 is 5.97 Å². The van der Waals surface area contributed by atoms with Gasteiger partial charge in [0.15, 0.2) is 0 Å². The van der Waals surface area contributed by atoms with E-state index in [2.05, 4.69) is 4.90 Å². The zero-order valence-electron chi connectivity index (χ0n) is 17.3. The molecule has 0 radical (unpaired) electrons. The second-order valence-electron chi connectivity index (χ2n) is 7.55. The van der Waals surface area contributed by atoms with E-state index in [1.165, 1.54) is 17.0 Å². The predicted octanol–water partition coefficient (Wildman–Crippen LogP) is 2.46. The van der Waals surface area contributed by atoms with Crippen LogP contribution in [-0.4, -0.2) is 61.5 Å². The smallest absolute Gasteiger partial charge is 0.338 e. The first-order chi connectivity index (χ1) is 15.0. The second-order valence-corrected chi connectivity index (χ2v) is 7.55. The Kier molecular flexibility index (Phi) is 5.99. The van der Waals surface area contributed by atoms with Gasteiger partial charge in [0.1, 0.15) is 5.82 Å². The maximum atomic E-state index is 13.1. The molecule has 2 aliphatic heterocycles. The van der Waals surface area contributed by atoms with E-state index in [0.717, 1.165) is 5.69 Å². The zero-order valence-corrected chi connectivity index (χ0v) is 17.3. The molecule has 2 saturated heterocycles. The summed E-state index contributed by atoms with van der Waals surface area (Å²) in [5.41, 5.74) is 1.77. The topological polar surface area (TPSA) is 70.2 Å². The largest absolute Gasteiger partial charge is 0.462 e. The Morgan fingerprint density at radius 3 is 2.19 bits per heavy atom. The third-order valence-corrected chi connectivity index (χ3v) is 5.71. The fourth-order valence-corrected chi connectivity index (χ4v) is 4.08. The first-order valence-electron chi connectivity index (χ1n) is 10.4. The van der Waals surface area contributed by atoms with Crippen LogP contribution in [0.2, 0.25) is 0 Å². The Morgan fingerprint density at radius 2 is 1.58 bits per heavy atom. The summed E-state index contributed by atoms with van der Waals surface area (Å²) in [5.74, 6) is -1.21. The third-order valence-electron chi connectivity index (χ3n) is 5.71. The van der Waals surface area contributed by atoms with Gasteiger partial charge in [0.05, 0.1) is 30.3 Å². The molecule has 2 aliphatic rings. The highest BCUT2D eigenvalue weighted by molar-refractivity contribution is 6.22. The molecule has 2 fully saturated rings. The lowest BCUT2D eigenvalue weighted by atomic mass is 10.1. The molecule has 31 heavy (non-hydrogen) atoms. The average molecular weight is 425 g/mol. The van der Waals surface area contributed by atoms with Crippen molar-refractivity contribution in [3.63, 3.8) is 0 Å². The summed E-state index contributed by atoms with van der Waals surface area (Å²) < 4.78 is 18.1. The van der Waals surface area contributed by atoms with Crippen LogP contribution in [0.25, 0.3) is 0 Å². The molecular formula is C23H24FN3O4. The molecule has 7 nitrogen and oxygen atoms in total. The van der Waals surface area contributed by atoms with E-state index in [1.807, 2.05) is 4.90 Å².